The van der Waals surface area contributed by atoms with Crippen LogP contribution in [0.4, 0.5) is 5.69 Å². The van der Waals surface area contributed by atoms with E-state index >= 15 is 0 Å². The maximum atomic E-state index is 12.4. The summed E-state index contributed by atoms with van der Waals surface area (Å²) in [5.74, 6) is 1.14. The molecule has 0 saturated heterocycles. The quantitative estimate of drug-likeness (QED) is 0.510. The molecular formula is C23H21N3O3. The van der Waals surface area contributed by atoms with Crippen LogP contribution in [0.2, 0.25) is 0 Å². The van der Waals surface area contributed by atoms with Gasteiger partial charge in [0.1, 0.15) is 17.1 Å². The average molecular weight is 387 g/mol. The lowest BCUT2D eigenvalue weighted by atomic mass is 10.1. The maximum Gasteiger partial charge on any atom is 0.262 e. The Labute approximate surface area is 168 Å². The Bertz CT molecular complexity index is 1090. The molecule has 0 aliphatic rings. The van der Waals surface area contributed by atoms with Crippen LogP contribution in [-0.4, -0.2) is 28.5 Å². The number of nitrogens with zero attached hydrogens (tertiary/aromatic N) is 2. The topological polar surface area (TPSA) is 64.9 Å². The number of fused-ring (bicyclic) bond motifs is 1. The van der Waals surface area contributed by atoms with Gasteiger partial charge in [0.2, 0.25) is 0 Å². The van der Waals surface area contributed by atoms with Crippen molar-refractivity contribution in [2.45, 2.75) is 6.92 Å². The lowest BCUT2D eigenvalue weighted by Crippen LogP contribution is -2.20. The summed E-state index contributed by atoms with van der Waals surface area (Å²) in [7, 11) is 0. The van der Waals surface area contributed by atoms with Gasteiger partial charge in [-0.25, -0.2) is 4.98 Å². The van der Waals surface area contributed by atoms with Crippen molar-refractivity contribution in [2.24, 2.45) is 0 Å². The van der Waals surface area contributed by atoms with E-state index in [4.69, 9.17) is 9.47 Å². The van der Waals surface area contributed by atoms with Crippen LogP contribution >= 0.6 is 0 Å². The fraction of sp³-hybridized carbons (Fsp3) is 0.130. The number of carbonyl (C=O) groups is 1. The van der Waals surface area contributed by atoms with E-state index in [0.29, 0.717) is 18.0 Å². The Balaban J connectivity index is 1.44. The molecule has 29 heavy (non-hydrogen) atoms. The van der Waals surface area contributed by atoms with Gasteiger partial charge >= 0.3 is 0 Å². The minimum atomic E-state index is -0.241. The number of benzene rings is 2. The molecule has 2 aromatic carbocycles. The fourth-order valence-corrected chi connectivity index (χ4v) is 3.01. The Morgan fingerprint density at radius 3 is 2.45 bits per heavy atom. The second-order valence-electron chi connectivity index (χ2n) is 6.38. The largest absolute Gasteiger partial charge is 0.494 e. The second kappa shape index (κ2) is 8.48. The molecule has 0 atom stereocenters. The highest BCUT2D eigenvalue weighted by Gasteiger charge is 2.12. The molecule has 0 unspecified atom stereocenters. The van der Waals surface area contributed by atoms with Crippen molar-refractivity contribution < 1.29 is 14.3 Å². The van der Waals surface area contributed by atoms with Crippen molar-refractivity contribution in [3.05, 3.63) is 79.1 Å². The highest BCUT2D eigenvalue weighted by atomic mass is 16.5. The van der Waals surface area contributed by atoms with Crippen LogP contribution < -0.4 is 14.8 Å². The number of hydrogen-bond acceptors (Lipinski definition) is 4. The first-order valence-corrected chi connectivity index (χ1v) is 9.41. The summed E-state index contributed by atoms with van der Waals surface area (Å²) in [6, 6.07) is 20.6. The molecule has 0 spiro atoms. The highest BCUT2D eigenvalue weighted by molar-refractivity contribution is 5.96. The molecule has 4 aromatic rings. The van der Waals surface area contributed by atoms with E-state index in [9.17, 15) is 4.79 Å². The number of nitrogens with one attached hydrogen (secondary N) is 1. The summed E-state index contributed by atoms with van der Waals surface area (Å²) >= 11 is 0. The smallest absolute Gasteiger partial charge is 0.262 e. The summed E-state index contributed by atoms with van der Waals surface area (Å²) in [5, 5.41) is 2.92. The highest BCUT2D eigenvalue weighted by Crippen LogP contribution is 2.27. The molecule has 2 heterocycles. The summed E-state index contributed by atoms with van der Waals surface area (Å²) in [6.07, 6.45) is 3.88. The molecule has 0 aliphatic heterocycles. The molecule has 0 bridgehead atoms. The van der Waals surface area contributed by atoms with Crippen molar-refractivity contribution in [3.63, 3.8) is 0 Å². The summed E-state index contributed by atoms with van der Waals surface area (Å²) in [5.41, 5.74) is 3.18. The number of hydrogen-bond donors (Lipinski definition) is 1. The van der Waals surface area contributed by atoms with E-state index in [1.165, 1.54) is 0 Å². The zero-order valence-electron chi connectivity index (χ0n) is 16.0. The van der Waals surface area contributed by atoms with Gasteiger partial charge in [-0.2, -0.15) is 0 Å². The van der Waals surface area contributed by atoms with Crippen LogP contribution in [0, 0.1) is 0 Å². The van der Waals surface area contributed by atoms with Gasteiger partial charge in [0.15, 0.2) is 6.61 Å². The minimum absolute atomic E-state index is 0.0898. The zero-order chi connectivity index (χ0) is 20.1. The monoisotopic (exact) mass is 387 g/mol. The van der Waals surface area contributed by atoms with Gasteiger partial charge in [-0.3, -0.25) is 4.79 Å². The van der Waals surface area contributed by atoms with E-state index in [2.05, 4.69) is 10.3 Å². The number of carbonyl (C=O) groups excluding carboxylic acids is 1. The van der Waals surface area contributed by atoms with Gasteiger partial charge in [-0.1, -0.05) is 24.3 Å². The lowest BCUT2D eigenvalue weighted by Gasteiger charge is -2.11. The first-order chi connectivity index (χ1) is 14.2. The molecule has 146 valence electrons. The van der Waals surface area contributed by atoms with Crippen molar-refractivity contribution in [1.29, 1.82) is 0 Å². The van der Waals surface area contributed by atoms with Crippen LogP contribution in [0.3, 0.4) is 0 Å². The third kappa shape index (κ3) is 4.38. The molecule has 6 nitrogen and oxygen atoms in total. The van der Waals surface area contributed by atoms with Gasteiger partial charge in [0, 0.05) is 18.0 Å². The van der Waals surface area contributed by atoms with E-state index < -0.39 is 0 Å². The maximum absolute atomic E-state index is 12.4. The van der Waals surface area contributed by atoms with Gasteiger partial charge in [0.05, 0.1) is 18.0 Å². The molecule has 1 amide bonds. The van der Waals surface area contributed by atoms with E-state index in [-0.39, 0.29) is 12.5 Å². The fourth-order valence-electron chi connectivity index (χ4n) is 3.01. The Hall–Kier alpha value is -3.80. The Kier molecular flexibility index (Phi) is 5.42. The SMILES string of the molecule is CCOc1ccc(OCC(=O)Nc2ccccc2-c2cn3ccccc3n2)cc1. The summed E-state index contributed by atoms with van der Waals surface area (Å²) in [6.45, 7) is 2.45. The van der Waals surface area contributed by atoms with Crippen LogP contribution in [0.15, 0.2) is 79.1 Å². The standard InChI is InChI=1S/C23H21N3O3/c1-2-28-17-10-12-18(13-11-17)29-16-23(27)25-20-8-4-3-7-19(20)21-15-26-14-6-5-9-22(26)24-21/h3-15H,2,16H2,1H3,(H,25,27). The molecule has 0 fully saturated rings. The number of anilines is 1. The first-order valence-electron chi connectivity index (χ1n) is 9.41. The number of rotatable bonds is 7. The summed E-state index contributed by atoms with van der Waals surface area (Å²) < 4.78 is 12.9. The van der Waals surface area contributed by atoms with Crippen molar-refractivity contribution >= 4 is 17.2 Å². The molecular weight excluding hydrogens is 366 g/mol. The average Bonchev–Trinajstić information content (AvgIpc) is 3.18. The lowest BCUT2D eigenvalue weighted by molar-refractivity contribution is -0.118. The third-order valence-corrected chi connectivity index (χ3v) is 4.35. The number of ether oxygens (including phenoxy) is 2. The predicted molar refractivity (Wildman–Crippen MR) is 112 cm³/mol. The number of imidazole rings is 1. The van der Waals surface area contributed by atoms with Crippen molar-refractivity contribution in [1.82, 2.24) is 9.38 Å². The predicted octanol–water partition coefficient (Wildman–Crippen LogP) is 4.42. The van der Waals surface area contributed by atoms with Crippen LogP contribution in [0.25, 0.3) is 16.9 Å². The molecule has 1 N–H and O–H groups in total. The zero-order valence-corrected chi connectivity index (χ0v) is 16.0. The molecule has 0 aliphatic carbocycles. The Morgan fingerprint density at radius 2 is 1.69 bits per heavy atom. The van der Waals surface area contributed by atoms with E-state index in [1.54, 1.807) is 12.1 Å². The second-order valence-corrected chi connectivity index (χ2v) is 6.38. The molecule has 0 radical (unpaired) electrons. The third-order valence-electron chi connectivity index (χ3n) is 4.35. The van der Waals surface area contributed by atoms with Crippen LogP contribution in [-0.2, 0) is 4.79 Å². The van der Waals surface area contributed by atoms with Gasteiger partial charge in [0.25, 0.3) is 5.91 Å². The number of aromatic nitrogens is 2. The van der Waals surface area contributed by atoms with Gasteiger partial charge < -0.3 is 19.2 Å². The minimum Gasteiger partial charge on any atom is -0.494 e. The number of amides is 1. The number of pyridine rings is 1. The van der Waals surface area contributed by atoms with Crippen molar-refractivity contribution in [2.75, 3.05) is 18.5 Å². The molecule has 4 rings (SSSR count). The van der Waals surface area contributed by atoms with Gasteiger partial charge in [-0.15, -0.1) is 0 Å². The van der Waals surface area contributed by atoms with E-state index in [1.807, 2.05) is 78.3 Å². The van der Waals surface area contributed by atoms with Gasteiger partial charge in [-0.05, 0) is 49.4 Å². The van der Waals surface area contributed by atoms with Crippen LogP contribution in [0.1, 0.15) is 6.92 Å². The number of para-hydroxylation sites is 1. The summed E-state index contributed by atoms with van der Waals surface area (Å²) in [4.78, 5) is 17.1. The molecule has 6 heteroatoms. The normalized spacial score (nSPS) is 10.7. The Morgan fingerprint density at radius 1 is 0.966 bits per heavy atom. The van der Waals surface area contributed by atoms with E-state index in [0.717, 1.165) is 22.7 Å². The van der Waals surface area contributed by atoms with Crippen LogP contribution in [0.5, 0.6) is 11.5 Å². The molecule has 0 saturated carbocycles. The van der Waals surface area contributed by atoms with Crippen molar-refractivity contribution in [3.8, 4) is 22.8 Å². The first kappa shape index (κ1) is 18.6. The molecule has 2 aromatic heterocycles.